The highest BCUT2D eigenvalue weighted by Gasteiger charge is 2.22. The molecule has 3 nitrogen and oxygen atoms in total. The molecule has 0 aromatic carbocycles. The number of carbonyl (C=O) groups excluding carboxylic acids is 1. The van der Waals surface area contributed by atoms with Crippen molar-refractivity contribution < 1.29 is 14.6 Å². The lowest BCUT2D eigenvalue weighted by Crippen LogP contribution is -2.16. The first-order valence-corrected chi connectivity index (χ1v) is 5.79. The first kappa shape index (κ1) is 11.0. The van der Waals surface area contributed by atoms with E-state index in [2.05, 4.69) is 0 Å². The normalized spacial score (nSPS) is 22.1. The molecule has 0 radical (unpaired) electrons. The predicted octanol–water partition coefficient (Wildman–Crippen LogP) is 0.708. The predicted molar refractivity (Wildman–Crippen MR) is 53.0 cm³/mol. The van der Waals surface area contributed by atoms with Crippen LogP contribution in [0.3, 0.4) is 0 Å². The molecule has 76 valence electrons. The van der Waals surface area contributed by atoms with Crippen LogP contribution in [0.5, 0.6) is 0 Å². The van der Waals surface area contributed by atoms with Crippen LogP contribution in [-0.2, 0) is 9.53 Å². The first-order chi connectivity index (χ1) is 6.34. The SMILES string of the molecule is O=C(CSCCCO)C1CCOC1. The summed E-state index contributed by atoms with van der Waals surface area (Å²) < 4.78 is 5.14. The van der Waals surface area contributed by atoms with Crippen molar-refractivity contribution in [3.63, 3.8) is 0 Å². The third-order valence-electron chi connectivity index (χ3n) is 2.08. The zero-order valence-corrected chi connectivity index (χ0v) is 8.52. The van der Waals surface area contributed by atoms with E-state index in [0.717, 1.165) is 25.2 Å². The van der Waals surface area contributed by atoms with E-state index in [4.69, 9.17) is 9.84 Å². The van der Waals surface area contributed by atoms with Crippen LogP contribution < -0.4 is 0 Å². The average Bonchev–Trinajstić information content (AvgIpc) is 2.65. The fourth-order valence-corrected chi connectivity index (χ4v) is 2.16. The van der Waals surface area contributed by atoms with E-state index in [9.17, 15) is 4.79 Å². The summed E-state index contributed by atoms with van der Waals surface area (Å²) in [6.45, 7) is 1.56. The van der Waals surface area contributed by atoms with E-state index in [1.54, 1.807) is 11.8 Å². The van der Waals surface area contributed by atoms with Gasteiger partial charge in [-0.1, -0.05) is 0 Å². The third-order valence-corrected chi connectivity index (χ3v) is 3.14. The molecular formula is C9H16O3S. The van der Waals surface area contributed by atoms with Gasteiger partial charge in [-0.3, -0.25) is 4.79 Å². The van der Waals surface area contributed by atoms with Crippen molar-refractivity contribution in [1.29, 1.82) is 0 Å². The maximum absolute atomic E-state index is 11.4. The van der Waals surface area contributed by atoms with Crippen molar-refractivity contribution in [2.45, 2.75) is 12.8 Å². The summed E-state index contributed by atoms with van der Waals surface area (Å²) >= 11 is 1.61. The highest BCUT2D eigenvalue weighted by atomic mass is 32.2. The molecule has 1 saturated heterocycles. The second kappa shape index (κ2) is 6.40. The highest BCUT2D eigenvalue weighted by Crippen LogP contribution is 2.16. The Morgan fingerprint density at radius 3 is 3.08 bits per heavy atom. The van der Waals surface area contributed by atoms with E-state index in [1.165, 1.54) is 0 Å². The molecule has 4 heteroatoms. The topological polar surface area (TPSA) is 46.5 Å². The molecule has 1 aliphatic heterocycles. The smallest absolute Gasteiger partial charge is 0.148 e. The van der Waals surface area contributed by atoms with Crippen LogP contribution in [0.25, 0.3) is 0 Å². The third kappa shape index (κ3) is 4.11. The van der Waals surface area contributed by atoms with Crippen LogP contribution >= 0.6 is 11.8 Å². The average molecular weight is 204 g/mol. The Morgan fingerprint density at radius 1 is 1.62 bits per heavy atom. The molecule has 0 bridgehead atoms. The summed E-state index contributed by atoms with van der Waals surface area (Å²) in [4.78, 5) is 11.4. The number of Topliss-reactive ketones (excluding diaryl/α,β-unsaturated/α-hetero) is 1. The van der Waals surface area contributed by atoms with Gasteiger partial charge in [-0.25, -0.2) is 0 Å². The zero-order valence-electron chi connectivity index (χ0n) is 7.70. The molecule has 1 N–H and O–H groups in total. The zero-order chi connectivity index (χ0) is 9.52. The molecule has 1 atom stereocenters. The molecule has 0 aliphatic carbocycles. The molecule has 1 aliphatic rings. The van der Waals surface area contributed by atoms with Crippen molar-refractivity contribution in [1.82, 2.24) is 0 Å². The Hall–Kier alpha value is -0.0600. The van der Waals surface area contributed by atoms with Crippen molar-refractivity contribution in [2.75, 3.05) is 31.3 Å². The monoisotopic (exact) mass is 204 g/mol. The van der Waals surface area contributed by atoms with Crippen LogP contribution in [0.2, 0.25) is 0 Å². The van der Waals surface area contributed by atoms with Gasteiger partial charge >= 0.3 is 0 Å². The van der Waals surface area contributed by atoms with Crippen LogP contribution in [0.15, 0.2) is 0 Å². The highest BCUT2D eigenvalue weighted by molar-refractivity contribution is 7.99. The number of thioether (sulfide) groups is 1. The van der Waals surface area contributed by atoms with Gasteiger partial charge in [0.1, 0.15) is 5.78 Å². The summed E-state index contributed by atoms with van der Waals surface area (Å²) in [6, 6.07) is 0. The van der Waals surface area contributed by atoms with Gasteiger partial charge in [0.2, 0.25) is 0 Å². The lowest BCUT2D eigenvalue weighted by Gasteiger charge is -2.05. The standard InChI is InChI=1S/C9H16O3S/c10-3-1-5-13-7-9(11)8-2-4-12-6-8/h8,10H,1-7H2. The number of hydrogen-bond acceptors (Lipinski definition) is 4. The molecule has 0 aromatic rings. The van der Waals surface area contributed by atoms with Crippen LogP contribution in [0.4, 0.5) is 0 Å². The molecule has 13 heavy (non-hydrogen) atoms. The van der Waals surface area contributed by atoms with Crippen molar-refractivity contribution in [3.8, 4) is 0 Å². The van der Waals surface area contributed by atoms with E-state index >= 15 is 0 Å². The van der Waals surface area contributed by atoms with Gasteiger partial charge in [-0.15, -0.1) is 0 Å². The second-order valence-electron chi connectivity index (χ2n) is 3.16. The molecular weight excluding hydrogens is 188 g/mol. The van der Waals surface area contributed by atoms with Gasteiger partial charge in [0.05, 0.1) is 12.4 Å². The number of carbonyl (C=O) groups is 1. The lowest BCUT2D eigenvalue weighted by molar-refractivity contribution is -0.120. The fraction of sp³-hybridized carbons (Fsp3) is 0.889. The molecule has 0 spiro atoms. The number of ether oxygens (including phenoxy) is 1. The van der Waals surface area contributed by atoms with E-state index < -0.39 is 0 Å². The number of rotatable bonds is 6. The molecule has 0 amide bonds. The van der Waals surface area contributed by atoms with Gasteiger partial charge in [-0.2, -0.15) is 11.8 Å². The maximum Gasteiger partial charge on any atom is 0.148 e. The number of aliphatic hydroxyl groups is 1. The minimum absolute atomic E-state index is 0.140. The Balaban J connectivity index is 2.03. The summed E-state index contributed by atoms with van der Waals surface area (Å²) in [6.07, 6.45) is 1.67. The molecule has 1 heterocycles. The number of ketones is 1. The molecule has 0 saturated carbocycles. The first-order valence-electron chi connectivity index (χ1n) is 4.63. The second-order valence-corrected chi connectivity index (χ2v) is 4.26. The Bertz CT molecular complexity index is 155. The Morgan fingerprint density at radius 2 is 2.46 bits per heavy atom. The largest absolute Gasteiger partial charge is 0.396 e. The van der Waals surface area contributed by atoms with Gasteiger partial charge in [0.15, 0.2) is 0 Å². The minimum Gasteiger partial charge on any atom is -0.396 e. The maximum atomic E-state index is 11.4. The van der Waals surface area contributed by atoms with Crippen LogP contribution in [0.1, 0.15) is 12.8 Å². The van der Waals surface area contributed by atoms with Crippen molar-refractivity contribution >= 4 is 17.5 Å². The molecule has 1 unspecified atom stereocenters. The lowest BCUT2D eigenvalue weighted by atomic mass is 10.1. The quantitative estimate of drug-likeness (QED) is 0.647. The Kier molecular flexibility index (Phi) is 5.43. The van der Waals surface area contributed by atoms with Crippen LogP contribution in [-0.4, -0.2) is 42.2 Å². The summed E-state index contributed by atoms with van der Waals surface area (Å²) in [5.41, 5.74) is 0. The Labute approximate surface area is 82.8 Å². The van der Waals surface area contributed by atoms with Crippen molar-refractivity contribution in [3.05, 3.63) is 0 Å². The summed E-state index contributed by atoms with van der Waals surface area (Å²) in [5, 5.41) is 8.52. The van der Waals surface area contributed by atoms with Gasteiger partial charge in [-0.05, 0) is 18.6 Å². The number of hydrogen-bond donors (Lipinski definition) is 1. The van der Waals surface area contributed by atoms with E-state index in [-0.39, 0.29) is 12.5 Å². The van der Waals surface area contributed by atoms with Crippen molar-refractivity contribution in [2.24, 2.45) is 5.92 Å². The van der Waals surface area contributed by atoms with E-state index in [0.29, 0.717) is 18.1 Å². The summed E-state index contributed by atoms with van der Waals surface area (Å²) in [5.74, 6) is 1.89. The molecule has 1 rings (SSSR count). The van der Waals surface area contributed by atoms with Crippen LogP contribution in [0, 0.1) is 5.92 Å². The van der Waals surface area contributed by atoms with Gasteiger partial charge < -0.3 is 9.84 Å². The molecule has 0 aromatic heterocycles. The minimum atomic E-state index is 0.140. The molecule has 1 fully saturated rings. The van der Waals surface area contributed by atoms with Gasteiger partial charge in [0.25, 0.3) is 0 Å². The van der Waals surface area contributed by atoms with E-state index in [1.807, 2.05) is 0 Å². The summed E-state index contributed by atoms with van der Waals surface area (Å²) in [7, 11) is 0. The number of aliphatic hydroxyl groups excluding tert-OH is 1. The van der Waals surface area contributed by atoms with Gasteiger partial charge in [0, 0.05) is 19.1 Å². The fourth-order valence-electron chi connectivity index (χ4n) is 1.25.